The number of anilines is 1. The highest BCUT2D eigenvalue weighted by atomic mass is 16.3. The summed E-state index contributed by atoms with van der Waals surface area (Å²) in [6, 6.07) is 15.9. The van der Waals surface area contributed by atoms with E-state index in [4.69, 9.17) is 0 Å². The summed E-state index contributed by atoms with van der Waals surface area (Å²) in [5, 5.41) is 12.1. The number of hydrogen-bond donors (Lipinski definition) is 2. The molecule has 2 aromatic rings. The van der Waals surface area contributed by atoms with Gasteiger partial charge >= 0.3 is 0 Å². The molecule has 20 heavy (non-hydrogen) atoms. The average Bonchev–Trinajstić information content (AvgIpc) is 2.78. The van der Waals surface area contributed by atoms with Gasteiger partial charge in [0.25, 0.3) is 0 Å². The maximum absolute atomic E-state index is 12.2. The van der Waals surface area contributed by atoms with Crippen LogP contribution in [0.25, 0.3) is 0 Å². The van der Waals surface area contributed by atoms with Crippen LogP contribution >= 0.6 is 0 Å². The number of fused-ring (bicyclic) bond motifs is 1. The lowest BCUT2D eigenvalue weighted by molar-refractivity contribution is -0.117. The second-order valence-corrected chi connectivity index (χ2v) is 5.08. The highest BCUT2D eigenvalue weighted by Gasteiger charge is 2.32. The van der Waals surface area contributed by atoms with Crippen molar-refractivity contribution in [3.63, 3.8) is 0 Å². The summed E-state index contributed by atoms with van der Waals surface area (Å²) in [5.74, 6) is -0.107. The fourth-order valence-corrected chi connectivity index (χ4v) is 2.87. The maximum atomic E-state index is 12.2. The molecule has 0 fully saturated rings. The van der Waals surface area contributed by atoms with Crippen molar-refractivity contribution in [2.45, 2.75) is 18.8 Å². The first kappa shape index (κ1) is 12.9. The predicted molar refractivity (Wildman–Crippen MR) is 78.7 cm³/mol. The van der Waals surface area contributed by atoms with Gasteiger partial charge in [-0.15, -0.1) is 0 Å². The summed E-state index contributed by atoms with van der Waals surface area (Å²) >= 11 is 0. The second kappa shape index (κ2) is 5.47. The first-order valence-electron chi connectivity index (χ1n) is 6.87. The second-order valence-electron chi connectivity index (χ2n) is 5.08. The fraction of sp³-hybridized carbons (Fsp3) is 0.235. The number of aliphatic hydroxyl groups excluding tert-OH is 1. The zero-order chi connectivity index (χ0) is 13.9. The van der Waals surface area contributed by atoms with Gasteiger partial charge in [0.05, 0.1) is 5.92 Å². The third kappa shape index (κ3) is 2.32. The molecule has 0 spiro atoms. The molecule has 1 amide bonds. The van der Waals surface area contributed by atoms with E-state index in [1.807, 2.05) is 48.5 Å². The van der Waals surface area contributed by atoms with Crippen LogP contribution in [0, 0.1) is 0 Å². The number of hydrogen-bond acceptors (Lipinski definition) is 2. The molecule has 0 aromatic heterocycles. The SMILES string of the molecule is O=C1Nc2cccc(CCO)c2C1Cc1ccccc1. The van der Waals surface area contributed by atoms with Crippen molar-refractivity contribution < 1.29 is 9.90 Å². The van der Waals surface area contributed by atoms with Crippen molar-refractivity contribution in [2.24, 2.45) is 0 Å². The van der Waals surface area contributed by atoms with Gasteiger partial charge in [0.2, 0.25) is 5.91 Å². The van der Waals surface area contributed by atoms with E-state index in [9.17, 15) is 9.90 Å². The Bertz CT molecular complexity index is 622. The van der Waals surface area contributed by atoms with Crippen LogP contribution in [-0.2, 0) is 17.6 Å². The monoisotopic (exact) mass is 267 g/mol. The number of aliphatic hydroxyl groups is 1. The maximum Gasteiger partial charge on any atom is 0.232 e. The van der Waals surface area contributed by atoms with Gasteiger partial charge in [-0.1, -0.05) is 42.5 Å². The Morgan fingerprint density at radius 2 is 1.85 bits per heavy atom. The third-order valence-electron chi connectivity index (χ3n) is 3.78. The van der Waals surface area contributed by atoms with E-state index in [-0.39, 0.29) is 18.4 Å². The molecule has 3 heteroatoms. The van der Waals surface area contributed by atoms with E-state index in [2.05, 4.69) is 5.32 Å². The minimum Gasteiger partial charge on any atom is -0.396 e. The highest BCUT2D eigenvalue weighted by molar-refractivity contribution is 6.03. The molecule has 0 aliphatic carbocycles. The molecule has 1 unspecified atom stereocenters. The van der Waals surface area contributed by atoms with Gasteiger partial charge in [-0.25, -0.2) is 0 Å². The molecule has 1 aliphatic heterocycles. The Morgan fingerprint density at radius 1 is 1.05 bits per heavy atom. The first-order chi connectivity index (χ1) is 9.79. The van der Waals surface area contributed by atoms with Gasteiger partial charge < -0.3 is 10.4 Å². The summed E-state index contributed by atoms with van der Waals surface area (Å²) in [4.78, 5) is 12.2. The Labute approximate surface area is 118 Å². The largest absolute Gasteiger partial charge is 0.396 e. The molecule has 0 saturated carbocycles. The molecule has 3 rings (SSSR count). The first-order valence-corrected chi connectivity index (χ1v) is 6.87. The van der Waals surface area contributed by atoms with Gasteiger partial charge in [-0.2, -0.15) is 0 Å². The van der Waals surface area contributed by atoms with Crippen LogP contribution in [0.1, 0.15) is 22.6 Å². The van der Waals surface area contributed by atoms with Gasteiger partial charge in [0, 0.05) is 12.3 Å². The molecule has 0 radical (unpaired) electrons. The van der Waals surface area contributed by atoms with Gasteiger partial charge in [-0.05, 0) is 35.6 Å². The van der Waals surface area contributed by atoms with Crippen LogP contribution in [-0.4, -0.2) is 17.6 Å². The van der Waals surface area contributed by atoms with Crippen LogP contribution in [0.2, 0.25) is 0 Å². The molecule has 102 valence electrons. The number of amides is 1. The quantitative estimate of drug-likeness (QED) is 0.894. The van der Waals surface area contributed by atoms with Crippen molar-refractivity contribution in [2.75, 3.05) is 11.9 Å². The van der Waals surface area contributed by atoms with Crippen LogP contribution in [0.15, 0.2) is 48.5 Å². The van der Waals surface area contributed by atoms with Crippen LogP contribution in [0.3, 0.4) is 0 Å². The number of nitrogens with one attached hydrogen (secondary N) is 1. The van der Waals surface area contributed by atoms with Crippen molar-refractivity contribution in [1.82, 2.24) is 0 Å². The van der Waals surface area contributed by atoms with E-state index in [1.54, 1.807) is 0 Å². The number of carbonyl (C=O) groups excluding carboxylic acids is 1. The van der Waals surface area contributed by atoms with Crippen LogP contribution in [0.5, 0.6) is 0 Å². The Morgan fingerprint density at radius 3 is 2.60 bits per heavy atom. The van der Waals surface area contributed by atoms with Crippen molar-refractivity contribution >= 4 is 11.6 Å². The van der Waals surface area contributed by atoms with Gasteiger partial charge in [0.15, 0.2) is 0 Å². The van der Waals surface area contributed by atoms with E-state index < -0.39 is 0 Å². The highest BCUT2D eigenvalue weighted by Crippen LogP contribution is 2.37. The standard InChI is InChI=1S/C17H17NO2/c19-10-9-13-7-4-8-15-16(13)14(17(20)18-15)11-12-5-2-1-3-6-12/h1-8,14,19H,9-11H2,(H,18,20). The number of benzene rings is 2. The smallest absolute Gasteiger partial charge is 0.232 e. The van der Waals surface area contributed by atoms with Crippen molar-refractivity contribution in [3.05, 3.63) is 65.2 Å². The van der Waals surface area contributed by atoms with Gasteiger partial charge in [-0.3, -0.25) is 4.79 Å². The summed E-state index contributed by atoms with van der Waals surface area (Å²) in [5.41, 5.74) is 4.15. The topological polar surface area (TPSA) is 49.3 Å². The molecule has 2 N–H and O–H groups in total. The molecule has 1 heterocycles. The average molecular weight is 267 g/mol. The molecule has 1 atom stereocenters. The third-order valence-corrected chi connectivity index (χ3v) is 3.78. The minimum absolute atomic E-state index is 0.0502. The predicted octanol–water partition coefficient (Wildman–Crippen LogP) is 2.50. The zero-order valence-corrected chi connectivity index (χ0v) is 11.2. The minimum atomic E-state index is -0.157. The lowest BCUT2D eigenvalue weighted by atomic mass is 9.89. The molecule has 0 saturated heterocycles. The normalized spacial score (nSPS) is 16.9. The summed E-state index contributed by atoms with van der Waals surface area (Å²) in [7, 11) is 0. The van der Waals surface area contributed by atoms with Crippen LogP contribution in [0.4, 0.5) is 5.69 Å². The lowest BCUT2D eigenvalue weighted by Gasteiger charge is -2.13. The molecular weight excluding hydrogens is 250 g/mol. The number of carbonyl (C=O) groups is 1. The van der Waals surface area contributed by atoms with E-state index in [1.165, 1.54) is 0 Å². The van der Waals surface area contributed by atoms with Crippen molar-refractivity contribution in [3.8, 4) is 0 Å². The van der Waals surface area contributed by atoms with Crippen LogP contribution < -0.4 is 5.32 Å². The summed E-state index contributed by atoms with van der Waals surface area (Å²) < 4.78 is 0. The molecule has 0 bridgehead atoms. The molecule has 3 nitrogen and oxygen atoms in total. The number of rotatable bonds is 4. The van der Waals surface area contributed by atoms with Gasteiger partial charge in [0.1, 0.15) is 0 Å². The van der Waals surface area contributed by atoms with E-state index in [0.717, 1.165) is 22.4 Å². The molecule has 2 aromatic carbocycles. The van der Waals surface area contributed by atoms with E-state index >= 15 is 0 Å². The Balaban J connectivity index is 1.96. The molecule has 1 aliphatic rings. The summed E-state index contributed by atoms with van der Waals surface area (Å²) in [6.07, 6.45) is 1.28. The fourth-order valence-electron chi connectivity index (χ4n) is 2.87. The summed E-state index contributed by atoms with van der Waals surface area (Å²) in [6.45, 7) is 0.0999. The zero-order valence-electron chi connectivity index (χ0n) is 11.2. The van der Waals surface area contributed by atoms with Crippen molar-refractivity contribution in [1.29, 1.82) is 0 Å². The van der Waals surface area contributed by atoms with E-state index in [0.29, 0.717) is 12.8 Å². The lowest BCUT2D eigenvalue weighted by Crippen LogP contribution is -2.15. The molecular formula is C17H17NO2. The Hall–Kier alpha value is -2.13. The Kier molecular flexibility index (Phi) is 3.52.